The maximum atomic E-state index is 13.0. The normalized spacial score (nSPS) is 11.9. The van der Waals surface area contributed by atoms with Crippen LogP contribution in [0.5, 0.6) is 0 Å². The summed E-state index contributed by atoms with van der Waals surface area (Å²) in [6.45, 7) is 2.02. The van der Waals surface area contributed by atoms with Crippen LogP contribution in [-0.2, 0) is 0 Å². The summed E-state index contributed by atoms with van der Waals surface area (Å²) in [5.74, 6) is 2.14. The van der Waals surface area contributed by atoms with Crippen LogP contribution >= 0.6 is 0 Å². The van der Waals surface area contributed by atoms with Gasteiger partial charge in [0.2, 0.25) is 0 Å². The summed E-state index contributed by atoms with van der Waals surface area (Å²) in [4.78, 5) is 1.79. The molecule has 0 aliphatic rings. The van der Waals surface area contributed by atoms with E-state index < -0.39 is 6.10 Å². The standard InChI is InChI=1S/C12H14FNO/c1-4-7-14(3)12-6-5-10(13)8-11(12)9(2)15/h1,5-6,8-9,15H,7H2,2-3H3. The van der Waals surface area contributed by atoms with Gasteiger partial charge in [0, 0.05) is 18.3 Å². The van der Waals surface area contributed by atoms with Crippen LogP contribution in [-0.4, -0.2) is 18.7 Å². The summed E-state index contributed by atoms with van der Waals surface area (Å²) in [5, 5.41) is 9.50. The van der Waals surface area contributed by atoms with Crippen molar-refractivity contribution in [3.05, 3.63) is 29.6 Å². The minimum absolute atomic E-state index is 0.358. The summed E-state index contributed by atoms with van der Waals surface area (Å²) in [5.41, 5.74) is 1.30. The van der Waals surface area contributed by atoms with Crippen LogP contribution in [0.25, 0.3) is 0 Å². The zero-order valence-electron chi connectivity index (χ0n) is 8.87. The van der Waals surface area contributed by atoms with Gasteiger partial charge in [0.1, 0.15) is 5.82 Å². The van der Waals surface area contributed by atoms with Crippen molar-refractivity contribution in [2.45, 2.75) is 13.0 Å². The van der Waals surface area contributed by atoms with Gasteiger partial charge in [-0.25, -0.2) is 4.39 Å². The lowest BCUT2D eigenvalue weighted by Gasteiger charge is -2.21. The highest BCUT2D eigenvalue weighted by Crippen LogP contribution is 2.26. The molecule has 1 unspecified atom stereocenters. The van der Waals surface area contributed by atoms with Gasteiger partial charge in [-0.1, -0.05) is 5.92 Å². The van der Waals surface area contributed by atoms with Crippen molar-refractivity contribution in [2.75, 3.05) is 18.5 Å². The number of nitrogens with zero attached hydrogens (tertiary/aromatic N) is 1. The van der Waals surface area contributed by atoms with Crippen LogP contribution in [0, 0.1) is 18.2 Å². The molecule has 0 aromatic heterocycles. The first-order valence-electron chi connectivity index (χ1n) is 4.68. The van der Waals surface area contributed by atoms with Gasteiger partial charge in [-0.05, 0) is 25.1 Å². The van der Waals surface area contributed by atoms with E-state index in [9.17, 15) is 9.50 Å². The second-order valence-electron chi connectivity index (χ2n) is 3.44. The van der Waals surface area contributed by atoms with Crippen molar-refractivity contribution in [2.24, 2.45) is 0 Å². The van der Waals surface area contributed by atoms with Crippen LogP contribution in [0.1, 0.15) is 18.6 Å². The Morgan fingerprint density at radius 1 is 1.60 bits per heavy atom. The van der Waals surface area contributed by atoms with Crippen molar-refractivity contribution in [1.29, 1.82) is 0 Å². The average Bonchev–Trinajstić information content (AvgIpc) is 2.17. The molecule has 0 amide bonds. The van der Waals surface area contributed by atoms with Crippen LogP contribution in [0.15, 0.2) is 18.2 Å². The third-order valence-corrected chi connectivity index (χ3v) is 2.18. The molecule has 0 heterocycles. The van der Waals surface area contributed by atoms with E-state index in [1.165, 1.54) is 12.1 Å². The van der Waals surface area contributed by atoms with Crippen LogP contribution in [0.3, 0.4) is 0 Å². The lowest BCUT2D eigenvalue weighted by molar-refractivity contribution is 0.199. The second-order valence-corrected chi connectivity index (χ2v) is 3.44. The molecule has 0 fully saturated rings. The predicted molar refractivity (Wildman–Crippen MR) is 59.1 cm³/mol. The lowest BCUT2D eigenvalue weighted by Crippen LogP contribution is -2.19. The number of hydrogen-bond acceptors (Lipinski definition) is 2. The zero-order chi connectivity index (χ0) is 11.4. The Labute approximate surface area is 89.3 Å². The highest BCUT2D eigenvalue weighted by atomic mass is 19.1. The van der Waals surface area contributed by atoms with Crippen molar-refractivity contribution >= 4 is 5.69 Å². The molecule has 0 aliphatic carbocycles. The molecule has 1 aromatic carbocycles. The Morgan fingerprint density at radius 2 is 2.27 bits per heavy atom. The van der Waals surface area contributed by atoms with Gasteiger partial charge in [0.05, 0.1) is 12.6 Å². The van der Waals surface area contributed by atoms with Gasteiger partial charge in [0.25, 0.3) is 0 Å². The minimum Gasteiger partial charge on any atom is -0.389 e. The highest BCUT2D eigenvalue weighted by Gasteiger charge is 2.11. The zero-order valence-corrected chi connectivity index (χ0v) is 8.87. The van der Waals surface area contributed by atoms with E-state index in [1.807, 2.05) is 0 Å². The van der Waals surface area contributed by atoms with Crippen molar-refractivity contribution in [3.8, 4) is 12.3 Å². The number of terminal acetylenes is 1. The third-order valence-electron chi connectivity index (χ3n) is 2.18. The Kier molecular flexibility index (Phi) is 3.70. The van der Waals surface area contributed by atoms with E-state index in [1.54, 1.807) is 24.9 Å². The molecular formula is C12H14FNO. The molecule has 2 nitrogen and oxygen atoms in total. The predicted octanol–water partition coefficient (Wildman–Crippen LogP) is 1.95. The molecule has 1 rings (SSSR count). The number of halogens is 1. The number of hydrogen-bond donors (Lipinski definition) is 1. The van der Waals surface area contributed by atoms with E-state index in [4.69, 9.17) is 6.42 Å². The summed E-state index contributed by atoms with van der Waals surface area (Å²) < 4.78 is 13.0. The van der Waals surface area contributed by atoms with Gasteiger partial charge in [-0.2, -0.15) is 0 Å². The van der Waals surface area contributed by atoms with Gasteiger partial charge < -0.3 is 10.0 Å². The van der Waals surface area contributed by atoms with Gasteiger partial charge in [-0.15, -0.1) is 6.42 Å². The molecule has 0 aliphatic heterocycles. The molecule has 1 atom stereocenters. The molecular weight excluding hydrogens is 193 g/mol. The summed E-state index contributed by atoms with van der Waals surface area (Å²) in [6.07, 6.45) is 4.48. The SMILES string of the molecule is C#CCN(C)c1ccc(F)cc1C(C)O. The molecule has 15 heavy (non-hydrogen) atoms. The third kappa shape index (κ3) is 2.71. The first-order valence-corrected chi connectivity index (χ1v) is 4.68. The monoisotopic (exact) mass is 207 g/mol. The number of aliphatic hydroxyl groups excluding tert-OH is 1. The lowest BCUT2D eigenvalue weighted by atomic mass is 10.1. The molecule has 80 valence electrons. The fourth-order valence-electron chi connectivity index (χ4n) is 1.43. The number of rotatable bonds is 3. The van der Waals surface area contributed by atoms with E-state index >= 15 is 0 Å². The molecule has 0 spiro atoms. The summed E-state index contributed by atoms with van der Waals surface area (Å²) in [6, 6.07) is 4.30. The fraction of sp³-hybridized carbons (Fsp3) is 0.333. The molecule has 0 radical (unpaired) electrons. The van der Waals surface area contributed by atoms with Crippen molar-refractivity contribution < 1.29 is 9.50 Å². The molecule has 0 bridgehead atoms. The minimum atomic E-state index is -0.712. The summed E-state index contributed by atoms with van der Waals surface area (Å²) in [7, 11) is 1.80. The van der Waals surface area contributed by atoms with E-state index in [0.717, 1.165) is 5.69 Å². The number of anilines is 1. The Bertz CT molecular complexity index is 382. The van der Waals surface area contributed by atoms with Gasteiger partial charge >= 0.3 is 0 Å². The molecule has 1 N–H and O–H groups in total. The van der Waals surface area contributed by atoms with Crippen LogP contribution in [0.2, 0.25) is 0 Å². The van der Waals surface area contributed by atoms with Crippen molar-refractivity contribution in [1.82, 2.24) is 0 Å². The number of benzene rings is 1. The second kappa shape index (κ2) is 4.81. The topological polar surface area (TPSA) is 23.5 Å². The Hall–Kier alpha value is -1.53. The van der Waals surface area contributed by atoms with Gasteiger partial charge in [0.15, 0.2) is 0 Å². The van der Waals surface area contributed by atoms with Crippen LogP contribution in [0.4, 0.5) is 10.1 Å². The maximum absolute atomic E-state index is 13.0. The molecule has 1 aromatic rings. The van der Waals surface area contributed by atoms with Crippen LogP contribution < -0.4 is 4.90 Å². The number of aliphatic hydroxyl groups is 1. The average molecular weight is 207 g/mol. The molecule has 3 heteroatoms. The Balaban J connectivity index is 3.12. The Morgan fingerprint density at radius 3 is 2.80 bits per heavy atom. The van der Waals surface area contributed by atoms with Gasteiger partial charge in [-0.3, -0.25) is 0 Å². The molecule has 0 saturated heterocycles. The smallest absolute Gasteiger partial charge is 0.123 e. The van der Waals surface area contributed by atoms with E-state index in [0.29, 0.717) is 12.1 Å². The van der Waals surface area contributed by atoms with E-state index in [2.05, 4.69) is 5.92 Å². The van der Waals surface area contributed by atoms with Crippen molar-refractivity contribution in [3.63, 3.8) is 0 Å². The highest BCUT2D eigenvalue weighted by molar-refractivity contribution is 5.54. The quantitative estimate of drug-likeness (QED) is 0.766. The maximum Gasteiger partial charge on any atom is 0.123 e. The largest absolute Gasteiger partial charge is 0.389 e. The first kappa shape index (κ1) is 11.5. The fourth-order valence-corrected chi connectivity index (χ4v) is 1.43. The molecule has 0 saturated carbocycles. The van der Waals surface area contributed by atoms with E-state index in [-0.39, 0.29) is 5.82 Å². The summed E-state index contributed by atoms with van der Waals surface area (Å²) >= 11 is 0. The first-order chi connectivity index (χ1) is 7.06.